The van der Waals surface area contributed by atoms with Crippen LogP contribution in [0.3, 0.4) is 0 Å². The number of rotatable bonds is 7. The van der Waals surface area contributed by atoms with E-state index in [1.54, 1.807) is 17.9 Å². The average molecular weight is 518 g/mol. The number of ether oxygens (including phenoxy) is 1. The highest BCUT2D eigenvalue weighted by atomic mass is 35.5. The third kappa shape index (κ3) is 5.10. The number of anilines is 2. The minimum Gasteiger partial charge on any atom is -0.497 e. The summed E-state index contributed by atoms with van der Waals surface area (Å²) in [5.41, 5.74) is 4.00. The molecule has 1 amide bonds. The molecule has 0 saturated carbocycles. The van der Waals surface area contributed by atoms with E-state index in [2.05, 4.69) is 10.6 Å². The zero-order chi connectivity index (χ0) is 25.1. The molecule has 0 saturated heterocycles. The number of nitrogens with zero attached hydrogens (tertiary/aromatic N) is 3. The van der Waals surface area contributed by atoms with Gasteiger partial charge in [-0.25, -0.2) is 4.68 Å². The number of aromatic nitrogens is 3. The van der Waals surface area contributed by atoms with Gasteiger partial charge in [0.05, 0.1) is 12.7 Å². The zero-order valence-electron chi connectivity index (χ0n) is 19.7. The molecule has 1 aliphatic rings. The normalized spacial score (nSPS) is 14.7. The lowest BCUT2D eigenvalue weighted by atomic mass is 9.95. The van der Waals surface area contributed by atoms with E-state index in [0.717, 1.165) is 16.8 Å². The maximum absolute atomic E-state index is 13.6. The van der Waals surface area contributed by atoms with Crippen molar-refractivity contribution in [2.45, 2.75) is 23.9 Å². The van der Waals surface area contributed by atoms with Gasteiger partial charge in [0, 0.05) is 28.2 Å². The molecular formula is C27H24ClN5O2S. The third-order valence-corrected chi connectivity index (χ3v) is 6.96. The molecule has 0 fully saturated rings. The van der Waals surface area contributed by atoms with Gasteiger partial charge in [0.25, 0.3) is 5.91 Å². The fourth-order valence-corrected chi connectivity index (χ4v) is 4.97. The first-order valence-corrected chi connectivity index (χ1v) is 12.7. The number of methoxy groups -OCH3 is 1. The third-order valence-electron chi connectivity index (χ3n) is 5.80. The van der Waals surface area contributed by atoms with Crippen LogP contribution in [0.1, 0.15) is 24.1 Å². The van der Waals surface area contributed by atoms with Crippen molar-refractivity contribution in [3.05, 3.63) is 106 Å². The minimum absolute atomic E-state index is 0.223. The number of nitrogens with one attached hydrogen (secondary N) is 2. The largest absolute Gasteiger partial charge is 0.497 e. The zero-order valence-corrected chi connectivity index (χ0v) is 21.3. The van der Waals surface area contributed by atoms with Gasteiger partial charge in [-0.15, -0.1) is 5.10 Å². The van der Waals surface area contributed by atoms with E-state index in [1.807, 2.05) is 79.7 Å². The lowest BCUT2D eigenvalue weighted by Gasteiger charge is -2.28. The monoisotopic (exact) mass is 517 g/mol. The van der Waals surface area contributed by atoms with E-state index in [1.165, 1.54) is 11.8 Å². The van der Waals surface area contributed by atoms with Gasteiger partial charge in [-0.1, -0.05) is 71.9 Å². The number of amides is 1. The molecule has 0 spiro atoms. The van der Waals surface area contributed by atoms with E-state index in [9.17, 15) is 4.79 Å². The van der Waals surface area contributed by atoms with Crippen LogP contribution in [0.5, 0.6) is 5.75 Å². The van der Waals surface area contributed by atoms with Gasteiger partial charge in [0.1, 0.15) is 11.8 Å². The molecular weight excluding hydrogens is 494 g/mol. The van der Waals surface area contributed by atoms with Crippen LogP contribution >= 0.6 is 23.4 Å². The van der Waals surface area contributed by atoms with Crippen molar-refractivity contribution in [3.8, 4) is 5.75 Å². The SMILES string of the molecule is COc1cccc(NC(=O)C2=C(C)Nc3nc(SCc4ccc(Cl)cc4)nn3[C@H]2c2ccccc2)c1. The molecule has 2 heterocycles. The Bertz CT molecular complexity index is 1420. The highest BCUT2D eigenvalue weighted by molar-refractivity contribution is 7.98. The second-order valence-electron chi connectivity index (χ2n) is 8.24. The van der Waals surface area contributed by atoms with E-state index >= 15 is 0 Å². The predicted molar refractivity (Wildman–Crippen MR) is 144 cm³/mol. The van der Waals surface area contributed by atoms with Crippen molar-refractivity contribution in [2.24, 2.45) is 0 Å². The summed E-state index contributed by atoms with van der Waals surface area (Å²) in [4.78, 5) is 18.3. The number of halogens is 1. The van der Waals surface area contributed by atoms with Crippen LogP contribution in [-0.2, 0) is 10.5 Å². The number of fused-ring (bicyclic) bond motifs is 1. The summed E-state index contributed by atoms with van der Waals surface area (Å²) >= 11 is 7.53. The van der Waals surface area contributed by atoms with Gasteiger partial charge in [-0.2, -0.15) is 4.98 Å². The molecule has 1 aromatic heterocycles. The van der Waals surface area contributed by atoms with Crippen LogP contribution in [0.15, 0.2) is 95.3 Å². The molecule has 0 bridgehead atoms. The Morgan fingerprint density at radius 1 is 1.11 bits per heavy atom. The first-order valence-electron chi connectivity index (χ1n) is 11.3. The molecule has 0 radical (unpaired) electrons. The summed E-state index contributed by atoms with van der Waals surface area (Å²) in [6.45, 7) is 1.88. The van der Waals surface area contributed by atoms with Crippen molar-refractivity contribution in [1.29, 1.82) is 0 Å². The van der Waals surface area contributed by atoms with E-state index in [0.29, 0.717) is 38.9 Å². The molecule has 3 aromatic carbocycles. The Morgan fingerprint density at radius 3 is 2.64 bits per heavy atom. The van der Waals surface area contributed by atoms with Gasteiger partial charge in [-0.05, 0) is 42.3 Å². The van der Waals surface area contributed by atoms with Crippen LogP contribution in [0.4, 0.5) is 11.6 Å². The molecule has 36 heavy (non-hydrogen) atoms. The number of hydrogen-bond acceptors (Lipinski definition) is 6. The average Bonchev–Trinajstić information content (AvgIpc) is 3.30. The molecule has 0 aliphatic carbocycles. The summed E-state index contributed by atoms with van der Waals surface area (Å²) in [6.07, 6.45) is 0. The van der Waals surface area contributed by atoms with E-state index in [4.69, 9.17) is 26.4 Å². The number of carbonyl (C=O) groups is 1. The number of hydrogen-bond donors (Lipinski definition) is 2. The molecule has 9 heteroatoms. The van der Waals surface area contributed by atoms with Crippen LogP contribution in [0.25, 0.3) is 0 Å². The Morgan fingerprint density at radius 2 is 1.89 bits per heavy atom. The number of benzene rings is 3. The van der Waals surface area contributed by atoms with Crippen molar-refractivity contribution < 1.29 is 9.53 Å². The summed E-state index contributed by atoms with van der Waals surface area (Å²) in [5, 5.41) is 12.4. The van der Waals surface area contributed by atoms with Crippen molar-refractivity contribution in [1.82, 2.24) is 14.8 Å². The lowest BCUT2D eigenvalue weighted by Crippen LogP contribution is -2.31. The van der Waals surface area contributed by atoms with Crippen LogP contribution < -0.4 is 15.4 Å². The molecule has 7 nitrogen and oxygen atoms in total. The smallest absolute Gasteiger partial charge is 0.255 e. The summed E-state index contributed by atoms with van der Waals surface area (Å²) < 4.78 is 7.08. The first kappa shape index (κ1) is 24.0. The van der Waals surface area contributed by atoms with E-state index < -0.39 is 6.04 Å². The number of thioether (sulfide) groups is 1. The predicted octanol–water partition coefficient (Wildman–Crippen LogP) is 6.16. The van der Waals surface area contributed by atoms with Gasteiger partial charge >= 0.3 is 0 Å². The second kappa shape index (κ2) is 10.5. The number of carbonyl (C=O) groups excluding carboxylic acids is 1. The van der Waals surface area contributed by atoms with Crippen molar-refractivity contribution in [3.63, 3.8) is 0 Å². The second-order valence-corrected chi connectivity index (χ2v) is 9.62. The maximum Gasteiger partial charge on any atom is 0.255 e. The molecule has 2 N–H and O–H groups in total. The standard InChI is InChI=1S/C27H24ClN5O2S/c1-17-23(25(34)30-21-9-6-10-22(15-21)35-2)24(19-7-4-3-5-8-19)33-26(29-17)31-27(32-33)36-16-18-11-13-20(28)14-12-18/h3-15,24H,16H2,1-2H3,(H,30,34)(H,29,31,32)/t24-/m0/s1. The maximum atomic E-state index is 13.6. The van der Waals surface area contributed by atoms with Gasteiger partial charge in [0.15, 0.2) is 0 Å². The quantitative estimate of drug-likeness (QED) is 0.286. The Balaban J connectivity index is 1.46. The fraction of sp³-hybridized carbons (Fsp3) is 0.148. The molecule has 1 aliphatic heterocycles. The van der Waals surface area contributed by atoms with Crippen LogP contribution in [-0.4, -0.2) is 27.8 Å². The van der Waals surface area contributed by atoms with Gasteiger partial charge in [0.2, 0.25) is 11.1 Å². The van der Waals surface area contributed by atoms with Crippen LogP contribution in [0, 0.1) is 0 Å². The molecule has 4 aromatic rings. The Kier molecular flexibility index (Phi) is 6.97. The molecule has 182 valence electrons. The Labute approximate surface area is 218 Å². The fourth-order valence-electron chi connectivity index (χ4n) is 4.06. The molecule has 5 rings (SSSR count). The highest BCUT2D eigenvalue weighted by Gasteiger charge is 2.34. The summed E-state index contributed by atoms with van der Waals surface area (Å²) in [5.74, 6) is 1.74. The summed E-state index contributed by atoms with van der Waals surface area (Å²) in [7, 11) is 1.60. The van der Waals surface area contributed by atoms with Crippen molar-refractivity contribution >= 4 is 40.9 Å². The van der Waals surface area contributed by atoms with Crippen LogP contribution in [0.2, 0.25) is 5.02 Å². The summed E-state index contributed by atoms with van der Waals surface area (Å²) in [6, 6.07) is 24.4. The topological polar surface area (TPSA) is 81.1 Å². The van der Waals surface area contributed by atoms with Crippen molar-refractivity contribution in [2.75, 3.05) is 17.7 Å². The van der Waals surface area contributed by atoms with E-state index in [-0.39, 0.29) is 5.91 Å². The Hall–Kier alpha value is -3.75. The molecule has 1 atom stereocenters. The first-order chi connectivity index (χ1) is 17.5. The lowest BCUT2D eigenvalue weighted by molar-refractivity contribution is -0.113. The highest BCUT2D eigenvalue weighted by Crippen LogP contribution is 2.37. The van der Waals surface area contributed by atoms with Gasteiger partial charge < -0.3 is 15.4 Å². The van der Waals surface area contributed by atoms with Gasteiger partial charge in [-0.3, -0.25) is 4.79 Å². The minimum atomic E-state index is -0.439. The number of allylic oxidation sites excluding steroid dienone is 1. The molecule has 0 unspecified atom stereocenters.